The first kappa shape index (κ1) is 28.4. The second-order valence-corrected chi connectivity index (χ2v) is 11.5. The molecule has 0 bridgehead atoms. The Kier molecular flexibility index (Phi) is 9.24. The number of carbonyl (C=O) groups excluding carboxylic acids is 1. The van der Waals surface area contributed by atoms with Gasteiger partial charge in [-0.1, -0.05) is 71.4 Å². The van der Waals surface area contributed by atoms with Crippen LogP contribution < -0.4 is 4.74 Å². The van der Waals surface area contributed by atoms with E-state index in [0.717, 1.165) is 28.1 Å². The monoisotopic (exact) mass is 609 g/mol. The van der Waals surface area contributed by atoms with Gasteiger partial charge in [0.1, 0.15) is 16.7 Å². The van der Waals surface area contributed by atoms with Gasteiger partial charge in [-0.05, 0) is 61.0 Å². The summed E-state index contributed by atoms with van der Waals surface area (Å²) in [5.41, 5.74) is 4.19. The molecule has 1 aromatic heterocycles. The number of benzene rings is 3. The van der Waals surface area contributed by atoms with Crippen LogP contribution in [0.15, 0.2) is 83.9 Å². The summed E-state index contributed by atoms with van der Waals surface area (Å²) in [7, 11) is 1.64. The van der Waals surface area contributed by atoms with E-state index in [0.29, 0.717) is 51.2 Å². The molecule has 0 N–H and O–H groups in total. The van der Waals surface area contributed by atoms with E-state index in [9.17, 15) is 4.79 Å². The van der Waals surface area contributed by atoms with Crippen LogP contribution in [0, 0.1) is 0 Å². The van der Waals surface area contributed by atoms with E-state index in [1.807, 2.05) is 77.6 Å². The van der Waals surface area contributed by atoms with Crippen molar-refractivity contribution in [3.63, 3.8) is 0 Å². The number of thiocarbonyl (C=S) groups is 1. The Morgan fingerprint density at radius 1 is 1.05 bits per heavy atom. The van der Waals surface area contributed by atoms with E-state index in [1.165, 1.54) is 11.8 Å². The number of hydrogen-bond donors (Lipinski definition) is 0. The molecule has 1 amide bonds. The van der Waals surface area contributed by atoms with Gasteiger partial charge in [0, 0.05) is 53.2 Å². The van der Waals surface area contributed by atoms with E-state index < -0.39 is 0 Å². The lowest BCUT2D eigenvalue weighted by Gasteiger charge is -2.13. The Labute approximate surface area is 252 Å². The number of ether oxygens (including phenoxy) is 2. The minimum atomic E-state index is -0.103. The molecule has 204 valence electrons. The molecule has 0 radical (unpaired) electrons. The van der Waals surface area contributed by atoms with Crippen LogP contribution in [0.4, 0.5) is 0 Å². The Bertz CT molecular complexity index is 1560. The fourth-order valence-corrected chi connectivity index (χ4v) is 5.90. The van der Waals surface area contributed by atoms with Gasteiger partial charge in [-0.15, -0.1) is 0 Å². The molecule has 5 rings (SSSR count). The number of thioether (sulfide) groups is 1. The second kappa shape index (κ2) is 13.0. The molecule has 1 saturated heterocycles. The lowest BCUT2D eigenvalue weighted by Crippen LogP contribution is -2.29. The maximum Gasteiger partial charge on any atom is 0.266 e. The third-order valence-corrected chi connectivity index (χ3v) is 8.16. The Hall–Kier alpha value is -3.14. The third-order valence-electron chi connectivity index (χ3n) is 6.19. The molecule has 0 unspecified atom stereocenters. The molecule has 1 aliphatic heterocycles. The molecular formula is C30H25Cl2N3O3S2. The number of carbonyl (C=O) groups is 1. The number of para-hydroxylation sites is 1. The SMILES string of the molecule is COCCCN1C(=O)C(=Cc2cn(-c3ccccc3)nc2-c2ccc(OCc3ccc(Cl)cc3Cl)cc2)SC1=S. The molecule has 10 heteroatoms. The zero-order valence-electron chi connectivity index (χ0n) is 21.6. The van der Waals surface area contributed by atoms with Crippen molar-refractivity contribution in [3.8, 4) is 22.7 Å². The highest BCUT2D eigenvalue weighted by molar-refractivity contribution is 8.26. The van der Waals surface area contributed by atoms with Crippen LogP contribution in [0.3, 0.4) is 0 Å². The van der Waals surface area contributed by atoms with Gasteiger partial charge < -0.3 is 9.47 Å². The standard InChI is InChI=1S/C30H25Cl2N3O3S2/c1-37-15-5-14-34-29(36)27(40-30(34)39)16-22-18-35(24-6-3-2-4-7-24)33-28(22)20-9-12-25(13-10-20)38-19-21-8-11-23(31)17-26(21)32/h2-4,6-13,16-18H,5,14-15,19H2,1H3. The van der Waals surface area contributed by atoms with Gasteiger partial charge in [0.2, 0.25) is 0 Å². The molecule has 40 heavy (non-hydrogen) atoms. The van der Waals surface area contributed by atoms with Gasteiger partial charge in [0.15, 0.2) is 0 Å². The highest BCUT2D eigenvalue weighted by Crippen LogP contribution is 2.35. The smallest absolute Gasteiger partial charge is 0.266 e. The lowest BCUT2D eigenvalue weighted by molar-refractivity contribution is -0.122. The molecule has 4 aromatic rings. The molecular weight excluding hydrogens is 585 g/mol. The Morgan fingerprint density at radius 3 is 2.55 bits per heavy atom. The summed E-state index contributed by atoms with van der Waals surface area (Å²) >= 11 is 19.1. The molecule has 0 spiro atoms. The van der Waals surface area contributed by atoms with Crippen molar-refractivity contribution in [3.05, 3.63) is 105 Å². The van der Waals surface area contributed by atoms with Crippen LogP contribution in [0.1, 0.15) is 17.5 Å². The van der Waals surface area contributed by atoms with E-state index in [-0.39, 0.29) is 5.91 Å². The molecule has 1 fully saturated rings. The van der Waals surface area contributed by atoms with Gasteiger partial charge in [0.05, 0.1) is 16.3 Å². The second-order valence-electron chi connectivity index (χ2n) is 8.94. The summed E-state index contributed by atoms with van der Waals surface area (Å²) in [5, 5.41) is 6.02. The topological polar surface area (TPSA) is 56.6 Å². The van der Waals surface area contributed by atoms with E-state index in [4.69, 9.17) is 50.0 Å². The number of hydrogen-bond acceptors (Lipinski definition) is 6. The minimum absolute atomic E-state index is 0.103. The molecule has 2 heterocycles. The summed E-state index contributed by atoms with van der Waals surface area (Å²) < 4.78 is 13.4. The van der Waals surface area contributed by atoms with Gasteiger partial charge in [-0.25, -0.2) is 4.68 Å². The van der Waals surface area contributed by atoms with Crippen molar-refractivity contribution in [1.29, 1.82) is 0 Å². The first-order chi connectivity index (χ1) is 19.4. The number of aromatic nitrogens is 2. The van der Waals surface area contributed by atoms with E-state index in [1.54, 1.807) is 24.1 Å². The van der Waals surface area contributed by atoms with Gasteiger partial charge >= 0.3 is 0 Å². The first-order valence-electron chi connectivity index (χ1n) is 12.5. The summed E-state index contributed by atoms with van der Waals surface area (Å²) in [6.07, 6.45) is 4.51. The van der Waals surface area contributed by atoms with E-state index >= 15 is 0 Å². The molecule has 0 atom stereocenters. The van der Waals surface area contributed by atoms with Crippen LogP contribution in [0.2, 0.25) is 10.0 Å². The average Bonchev–Trinajstić information content (AvgIpc) is 3.50. The fourth-order valence-electron chi connectivity index (χ4n) is 4.14. The normalized spacial score (nSPS) is 14.4. The molecule has 3 aromatic carbocycles. The number of nitrogens with zero attached hydrogens (tertiary/aromatic N) is 3. The van der Waals surface area contributed by atoms with Crippen molar-refractivity contribution in [2.45, 2.75) is 13.0 Å². The number of rotatable bonds is 10. The van der Waals surface area contributed by atoms with Crippen molar-refractivity contribution < 1.29 is 14.3 Å². The van der Waals surface area contributed by atoms with Crippen LogP contribution in [-0.4, -0.2) is 45.2 Å². The van der Waals surface area contributed by atoms with Crippen molar-refractivity contribution in [2.24, 2.45) is 0 Å². The summed E-state index contributed by atoms with van der Waals surface area (Å²) in [5.74, 6) is 0.588. The highest BCUT2D eigenvalue weighted by Gasteiger charge is 2.32. The minimum Gasteiger partial charge on any atom is -0.489 e. The number of methoxy groups -OCH3 is 1. The summed E-state index contributed by atoms with van der Waals surface area (Å²) in [6, 6.07) is 22.8. The van der Waals surface area contributed by atoms with Crippen molar-refractivity contribution >= 4 is 63.5 Å². The summed E-state index contributed by atoms with van der Waals surface area (Å²) in [4.78, 5) is 15.4. The molecule has 1 aliphatic rings. The van der Waals surface area contributed by atoms with Crippen LogP contribution in [-0.2, 0) is 16.1 Å². The zero-order chi connectivity index (χ0) is 28.1. The number of halogens is 2. The molecule has 0 saturated carbocycles. The van der Waals surface area contributed by atoms with E-state index in [2.05, 4.69) is 0 Å². The van der Waals surface area contributed by atoms with Gasteiger partial charge in [0.25, 0.3) is 5.91 Å². The zero-order valence-corrected chi connectivity index (χ0v) is 24.7. The van der Waals surface area contributed by atoms with Crippen LogP contribution in [0.25, 0.3) is 23.0 Å². The van der Waals surface area contributed by atoms with Crippen molar-refractivity contribution in [1.82, 2.24) is 14.7 Å². The maximum atomic E-state index is 13.2. The Balaban J connectivity index is 1.41. The van der Waals surface area contributed by atoms with Gasteiger partial charge in [-0.2, -0.15) is 5.10 Å². The van der Waals surface area contributed by atoms with Crippen LogP contribution in [0.5, 0.6) is 5.75 Å². The lowest BCUT2D eigenvalue weighted by atomic mass is 10.1. The Morgan fingerprint density at radius 2 is 1.82 bits per heavy atom. The molecule has 6 nitrogen and oxygen atoms in total. The summed E-state index contributed by atoms with van der Waals surface area (Å²) in [6.45, 7) is 1.40. The van der Waals surface area contributed by atoms with Crippen molar-refractivity contribution in [2.75, 3.05) is 20.3 Å². The third kappa shape index (κ3) is 6.59. The predicted molar refractivity (Wildman–Crippen MR) is 166 cm³/mol. The average molecular weight is 611 g/mol. The highest BCUT2D eigenvalue weighted by atomic mass is 35.5. The quantitative estimate of drug-likeness (QED) is 0.104. The first-order valence-corrected chi connectivity index (χ1v) is 14.5. The van der Waals surface area contributed by atoms with Gasteiger partial charge in [-0.3, -0.25) is 9.69 Å². The van der Waals surface area contributed by atoms with Crippen LogP contribution >= 0.6 is 47.2 Å². The largest absolute Gasteiger partial charge is 0.489 e. The number of amides is 1. The fraction of sp³-hybridized carbons (Fsp3) is 0.167. The molecule has 0 aliphatic carbocycles. The predicted octanol–water partition coefficient (Wildman–Crippen LogP) is 7.66. The maximum absolute atomic E-state index is 13.2.